The maximum atomic E-state index is 6.20. The first-order chi connectivity index (χ1) is 10.1. The number of rotatable bonds is 6. The zero-order valence-corrected chi connectivity index (χ0v) is 14.3. The maximum Gasteiger partial charge on any atom is 0.119 e. The summed E-state index contributed by atoms with van der Waals surface area (Å²) in [7, 11) is 0. The van der Waals surface area contributed by atoms with Crippen molar-refractivity contribution in [3.05, 3.63) is 52.7 Å². The summed E-state index contributed by atoms with van der Waals surface area (Å²) >= 11 is 7.83. The van der Waals surface area contributed by atoms with Gasteiger partial charge >= 0.3 is 0 Å². The molecule has 112 valence electrons. The van der Waals surface area contributed by atoms with Gasteiger partial charge in [-0.25, -0.2) is 4.98 Å². The van der Waals surface area contributed by atoms with Gasteiger partial charge in [0.05, 0.1) is 5.02 Å². The summed E-state index contributed by atoms with van der Waals surface area (Å²) in [6.45, 7) is 8.43. The fraction of sp³-hybridized carbons (Fsp3) is 0.353. The van der Waals surface area contributed by atoms with Gasteiger partial charge in [0, 0.05) is 17.6 Å². The molecule has 0 amide bonds. The molecule has 0 aliphatic heterocycles. The minimum atomic E-state index is 0.649. The molecule has 2 nitrogen and oxygen atoms in total. The Kier molecular flexibility index (Phi) is 6.09. The Hall–Kier alpha value is -1.03. The summed E-state index contributed by atoms with van der Waals surface area (Å²) in [5, 5.41) is 5.06. The van der Waals surface area contributed by atoms with Crippen LogP contribution in [0.3, 0.4) is 0 Å². The van der Waals surface area contributed by atoms with Crippen molar-refractivity contribution in [3.63, 3.8) is 0 Å². The average molecular weight is 321 g/mol. The van der Waals surface area contributed by atoms with Crippen molar-refractivity contribution in [2.75, 3.05) is 6.54 Å². The van der Waals surface area contributed by atoms with E-state index in [2.05, 4.69) is 49.3 Å². The number of hydrogen-bond acceptors (Lipinski definition) is 3. The van der Waals surface area contributed by atoms with Gasteiger partial charge in [-0.1, -0.05) is 54.9 Å². The van der Waals surface area contributed by atoms with E-state index in [4.69, 9.17) is 11.6 Å². The van der Waals surface area contributed by atoms with Crippen LogP contribution in [-0.4, -0.2) is 11.5 Å². The Morgan fingerprint density at radius 1 is 1.29 bits per heavy atom. The average Bonchev–Trinajstić information content (AvgIpc) is 2.43. The number of nitrogens with one attached hydrogen (secondary N) is 1. The molecule has 0 saturated heterocycles. The molecule has 2 rings (SSSR count). The topological polar surface area (TPSA) is 24.9 Å². The smallest absolute Gasteiger partial charge is 0.119 e. The van der Waals surface area contributed by atoms with Gasteiger partial charge in [0.25, 0.3) is 0 Å². The lowest BCUT2D eigenvalue weighted by Crippen LogP contribution is -2.19. The van der Waals surface area contributed by atoms with Crippen molar-refractivity contribution in [1.82, 2.24) is 10.3 Å². The van der Waals surface area contributed by atoms with Gasteiger partial charge in [-0.2, -0.15) is 0 Å². The Morgan fingerprint density at radius 2 is 2.10 bits per heavy atom. The Balaban J connectivity index is 2.16. The highest BCUT2D eigenvalue weighted by Crippen LogP contribution is 2.33. The molecule has 1 aromatic heterocycles. The predicted octanol–water partition coefficient (Wildman–Crippen LogP) is 4.94. The quantitative estimate of drug-likeness (QED) is 0.816. The third kappa shape index (κ3) is 5.03. The molecule has 1 heterocycles. The van der Waals surface area contributed by atoms with Crippen LogP contribution in [0.2, 0.25) is 5.02 Å². The Bertz CT molecular complexity index is 599. The molecular weight excluding hydrogens is 300 g/mol. The zero-order chi connectivity index (χ0) is 15.2. The summed E-state index contributed by atoms with van der Waals surface area (Å²) in [6, 6.07) is 10.2. The molecule has 1 aromatic carbocycles. The first-order valence-electron chi connectivity index (χ1n) is 7.15. The second-order valence-electron chi connectivity index (χ2n) is 5.53. The summed E-state index contributed by atoms with van der Waals surface area (Å²) in [5.41, 5.74) is 2.56. The van der Waals surface area contributed by atoms with Crippen LogP contribution in [-0.2, 0) is 6.54 Å². The molecule has 0 radical (unpaired) electrons. The van der Waals surface area contributed by atoms with Gasteiger partial charge in [-0.3, -0.25) is 0 Å². The van der Waals surface area contributed by atoms with Crippen LogP contribution >= 0.6 is 23.4 Å². The second kappa shape index (κ2) is 7.83. The number of pyridine rings is 1. The molecule has 4 heteroatoms. The monoisotopic (exact) mass is 320 g/mol. The van der Waals surface area contributed by atoms with Crippen LogP contribution in [0.15, 0.2) is 46.5 Å². The lowest BCUT2D eigenvalue weighted by atomic mass is 10.1. The SMILES string of the molecule is Cc1ccc(Sc2ncccc2Cl)c(CNCC(C)C)c1. The highest BCUT2D eigenvalue weighted by atomic mass is 35.5. The van der Waals surface area contributed by atoms with Crippen LogP contribution in [0.25, 0.3) is 0 Å². The van der Waals surface area contributed by atoms with Crippen LogP contribution in [0.5, 0.6) is 0 Å². The standard InChI is InChI=1S/C17H21ClN2S/c1-12(2)10-19-11-14-9-13(3)6-7-16(14)21-17-15(18)5-4-8-20-17/h4-9,12,19H,10-11H2,1-3H3. The number of hydrogen-bond donors (Lipinski definition) is 1. The minimum absolute atomic E-state index is 0.649. The molecule has 0 aliphatic rings. The number of aromatic nitrogens is 1. The van der Waals surface area contributed by atoms with Gasteiger partial charge in [0.2, 0.25) is 0 Å². The fourth-order valence-electron chi connectivity index (χ4n) is 1.99. The number of aryl methyl sites for hydroxylation is 1. The highest BCUT2D eigenvalue weighted by molar-refractivity contribution is 7.99. The molecule has 0 bridgehead atoms. The first-order valence-corrected chi connectivity index (χ1v) is 8.34. The first kappa shape index (κ1) is 16.3. The van der Waals surface area contributed by atoms with Crippen molar-refractivity contribution in [2.45, 2.75) is 37.2 Å². The lowest BCUT2D eigenvalue weighted by molar-refractivity contribution is 0.550. The van der Waals surface area contributed by atoms with E-state index < -0.39 is 0 Å². The van der Waals surface area contributed by atoms with Crippen LogP contribution < -0.4 is 5.32 Å². The van der Waals surface area contributed by atoms with Gasteiger partial charge in [-0.15, -0.1) is 0 Å². The highest BCUT2D eigenvalue weighted by Gasteiger charge is 2.08. The van der Waals surface area contributed by atoms with E-state index in [1.54, 1.807) is 18.0 Å². The summed E-state index contributed by atoms with van der Waals surface area (Å²) in [6.07, 6.45) is 1.78. The summed E-state index contributed by atoms with van der Waals surface area (Å²) in [4.78, 5) is 5.56. The van der Waals surface area contributed by atoms with Crippen molar-refractivity contribution < 1.29 is 0 Å². The van der Waals surface area contributed by atoms with E-state index in [0.717, 1.165) is 18.1 Å². The Labute approximate surface area is 136 Å². The van der Waals surface area contributed by atoms with Crippen molar-refractivity contribution >= 4 is 23.4 Å². The van der Waals surface area contributed by atoms with E-state index >= 15 is 0 Å². The molecule has 2 aromatic rings. The Morgan fingerprint density at radius 3 is 2.81 bits per heavy atom. The van der Waals surface area contributed by atoms with E-state index in [1.165, 1.54) is 16.0 Å². The molecular formula is C17H21ClN2S. The number of benzene rings is 1. The van der Waals surface area contributed by atoms with Gasteiger partial charge in [0.15, 0.2) is 0 Å². The third-order valence-electron chi connectivity index (χ3n) is 3.02. The normalized spacial score (nSPS) is 11.1. The molecule has 0 unspecified atom stereocenters. The van der Waals surface area contributed by atoms with Crippen molar-refractivity contribution in [3.8, 4) is 0 Å². The summed E-state index contributed by atoms with van der Waals surface area (Å²) < 4.78 is 0. The van der Waals surface area contributed by atoms with Crippen molar-refractivity contribution in [2.24, 2.45) is 5.92 Å². The molecule has 0 atom stereocenters. The molecule has 0 saturated carbocycles. The van der Waals surface area contributed by atoms with Crippen molar-refractivity contribution in [1.29, 1.82) is 0 Å². The van der Waals surface area contributed by atoms with Gasteiger partial charge < -0.3 is 5.32 Å². The van der Waals surface area contributed by atoms with E-state index in [1.807, 2.05) is 12.1 Å². The fourth-order valence-corrected chi connectivity index (χ4v) is 3.11. The molecule has 0 spiro atoms. The zero-order valence-electron chi connectivity index (χ0n) is 12.7. The van der Waals surface area contributed by atoms with Gasteiger partial charge in [0.1, 0.15) is 5.03 Å². The number of halogens is 1. The molecule has 0 aliphatic carbocycles. The van der Waals surface area contributed by atoms with Crippen LogP contribution in [0.4, 0.5) is 0 Å². The summed E-state index contributed by atoms with van der Waals surface area (Å²) in [5.74, 6) is 0.649. The third-order valence-corrected chi connectivity index (χ3v) is 4.57. The predicted molar refractivity (Wildman–Crippen MR) is 91.1 cm³/mol. The van der Waals surface area contributed by atoms with Crippen LogP contribution in [0, 0.1) is 12.8 Å². The minimum Gasteiger partial charge on any atom is -0.312 e. The lowest BCUT2D eigenvalue weighted by Gasteiger charge is -2.13. The largest absolute Gasteiger partial charge is 0.312 e. The van der Waals surface area contributed by atoms with E-state index in [-0.39, 0.29) is 0 Å². The molecule has 21 heavy (non-hydrogen) atoms. The molecule has 0 fully saturated rings. The van der Waals surface area contributed by atoms with E-state index in [0.29, 0.717) is 10.9 Å². The molecule has 1 N–H and O–H groups in total. The number of nitrogens with zero attached hydrogens (tertiary/aromatic N) is 1. The van der Waals surface area contributed by atoms with E-state index in [9.17, 15) is 0 Å². The van der Waals surface area contributed by atoms with Crippen LogP contribution in [0.1, 0.15) is 25.0 Å². The maximum absolute atomic E-state index is 6.20. The second-order valence-corrected chi connectivity index (χ2v) is 6.97. The van der Waals surface area contributed by atoms with Gasteiger partial charge in [-0.05, 0) is 43.1 Å².